The smallest absolute Gasteiger partial charge is 0.270 e. The lowest BCUT2D eigenvalue weighted by atomic mass is 9.86. The maximum absolute atomic E-state index is 13.8. The molecule has 0 radical (unpaired) electrons. The number of nitro benzene ring substituents is 1. The lowest BCUT2D eigenvalue weighted by molar-refractivity contribution is -0.384. The van der Waals surface area contributed by atoms with Crippen LogP contribution in [0.25, 0.3) is 0 Å². The zero-order valence-electron chi connectivity index (χ0n) is 24.7. The summed E-state index contributed by atoms with van der Waals surface area (Å²) < 4.78 is 40.7. The van der Waals surface area contributed by atoms with E-state index in [1.54, 1.807) is 0 Å². The summed E-state index contributed by atoms with van der Waals surface area (Å²) in [7, 11) is -4.53. The highest BCUT2D eigenvalue weighted by Crippen LogP contribution is 2.29. The third-order valence-corrected chi connectivity index (χ3v) is 8.16. The number of rotatable bonds is 14. The van der Waals surface area contributed by atoms with Crippen molar-refractivity contribution < 1.29 is 32.4 Å². The van der Waals surface area contributed by atoms with Crippen molar-refractivity contribution in [2.45, 2.75) is 38.1 Å². The largest absolute Gasteiger partial charge is 0.376 e. The van der Waals surface area contributed by atoms with Crippen LogP contribution in [0.15, 0.2) is 114 Å². The Labute approximate surface area is 261 Å². The summed E-state index contributed by atoms with van der Waals surface area (Å²) in [6.45, 7) is 4.21. The topological polar surface area (TPSA) is 154 Å². The van der Waals surface area contributed by atoms with Crippen LogP contribution in [0.5, 0.6) is 0 Å². The van der Waals surface area contributed by atoms with Gasteiger partial charge in [0.2, 0.25) is 0 Å². The highest BCUT2D eigenvalue weighted by molar-refractivity contribution is 7.90. The molecule has 0 saturated carbocycles. The number of nitrogens with one attached hydrogen (secondary N) is 2. The van der Waals surface area contributed by atoms with E-state index in [-0.39, 0.29) is 35.0 Å². The Kier molecular flexibility index (Phi) is 10.8. The molecule has 2 amide bonds. The second-order valence-corrected chi connectivity index (χ2v) is 12.5. The molecule has 0 bridgehead atoms. The van der Waals surface area contributed by atoms with Gasteiger partial charge in [-0.05, 0) is 29.3 Å². The summed E-state index contributed by atoms with van der Waals surface area (Å²) in [5.74, 6) is -1.69. The second-order valence-electron chi connectivity index (χ2n) is 10.9. The van der Waals surface area contributed by atoms with Crippen LogP contribution >= 0.6 is 0 Å². The second kappa shape index (κ2) is 14.7. The summed E-state index contributed by atoms with van der Waals surface area (Å²) in [5, 5.41) is 13.8. The summed E-state index contributed by atoms with van der Waals surface area (Å²) in [4.78, 5) is 36.6. The van der Waals surface area contributed by atoms with Gasteiger partial charge in [-0.1, -0.05) is 92.7 Å². The quantitative estimate of drug-likeness (QED) is 0.137. The normalized spacial score (nSPS) is 12.2. The Morgan fingerprint density at radius 1 is 0.844 bits per heavy atom. The molecule has 0 aliphatic heterocycles. The van der Waals surface area contributed by atoms with E-state index in [1.807, 2.05) is 79.2 Å². The number of nitrogens with zero attached hydrogens (tertiary/aromatic N) is 1. The molecular formula is C33H33N3O8S. The van der Waals surface area contributed by atoms with Crippen LogP contribution in [0, 0.1) is 15.5 Å². The lowest BCUT2D eigenvalue weighted by Crippen LogP contribution is -2.45. The lowest BCUT2D eigenvalue weighted by Gasteiger charge is -2.33. The first-order valence-electron chi connectivity index (χ1n) is 13.9. The minimum Gasteiger partial charge on any atom is -0.376 e. The third-order valence-electron chi connectivity index (χ3n) is 6.77. The van der Waals surface area contributed by atoms with Gasteiger partial charge in [-0.2, -0.15) is 0 Å². The zero-order chi connectivity index (χ0) is 32.5. The van der Waals surface area contributed by atoms with Gasteiger partial charge in [-0.15, -0.1) is 0 Å². The maximum Gasteiger partial charge on any atom is 0.270 e. The summed E-state index contributed by atoms with van der Waals surface area (Å²) >= 11 is 0. The van der Waals surface area contributed by atoms with Crippen molar-refractivity contribution >= 4 is 33.2 Å². The Morgan fingerprint density at radius 3 is 2.09 bits per heavy atom. The number of carbonyl (C=O) groups is 2. The SMILES string of the molecule is CC(C)(COCc1ccccc1)C(OCc1ccccc1)C(=O)Nc1ccccc1S(=O)(=O)NC(=O)c1cccc([N+](=O)[O-])c1. The van der Waals surface area contributed by atoms with E-state index < -0.39 is 38.3 Å². The molecule has 4 rings (SSSR count). The molecule has 0 saturated heterocycles. The van der Waals surface area contributed by atoms with Crippen molar-refractivity contribution in [3.05, 3.63) is 136 Å². The summed E-state index contributed by atoms with van der Waals surface area (Å²) in [6.07, 6.45) is -1.08. The van der Waals surface area contributed by atoms with Crippen LogP contribution in [0.4, 0.5) is 11.4 Å². The van der Waals surface area contributed by atoms with E-state index in [0.717, 1.165) is 17.2 Å². The van der Waals surface area contributed by atoms with Crippen molar-refractivity contribution in [2.75, 3.05) is 11.9 Å². The van der Waals surface area contributed by atoms with Gasteiger partial charge in [0.1, 0.15) is 11.0 Å². The molecule has 1 atom stereocenters. The van der Waals surface area contributed by atoms with Gasteiger partial charge in [-0.25, -0.2) is 13.1 Å². The molecule has 0 heterocycles. The van der Waals surface area contributed by atoms with Crippen LogP contribution < -0.4 is 10.0 Å². The summed E-state index contributed by atoms with van der Waals surface area (Å²) in [5.41, 5.74) is 0.258. The molecule has 0 spiro atoms. The predicted octanol–water partition coefficient (Wildman–Crippen LogP) is 5.48. The molecule has 0 fully saturated rings. The van der Waals surface area contributed by atoms with Crippen molar-refractivity contribution in [3.8, 4) is 0 Å². The molecule has 12 heteroatoms. The maximum atomic E-state index is 13.8. The average Bonchev–Trinajstić information content (AvgIpc) is 3.02. The molecule has 0 aliphatic rings. The van der Waals surface area contributed by atoms with E-state index in [1.165, 1.54) is 42.5 Å². The minimum absolute atomic E-state index is 0.0869. The number of para-hydroxylation sites is 1. The van der Waals surface area contributed by atoms with Crippen molar-refractivity contribution in [3.63, 3.8) is 0 Å². The highest BCUT2D eigenvalue weighted by atomic mass is 32.2. The van der Waals surface area contributed by atoms with Crippen molar-refractivity contribution in [1.29, 1.82) is 0 Å². The van der Waals surface area contributed by atoms with Crippen LogP contribution in [0.3, 0.4) is 0 Å². The van der Waals surface area contributed by atoms with Crippen molar-refractivity contribution in [2.24, 2.45) is 5.41 Å². The molecule has 0 aromatic heterocycles. The fourth-order valence-electron chi connectivity index (χ4n) is 4.49. The molecule has 1 unspecified atom stereocenters. The van der Waals surface area contributed by atoms with E-state index >= 15 is 0 Å². The Morgan fingerprint density at radius 2 is 1.44 bits per heavy atom. The first-order chi connectivity index (χ1) is 21.5. The number of sulfonamides is 1. The number of carbonyl (C=O) groups excluding carboxylic acids is 2. The molecule has 4 aromatic carbocycles. The first kappa shape index (κ1) is 33.0. The van der Waals surface area contributed by atoms with Gasteiger partial charge < -0.3 is 14.8 Å². The fraction of sp³-hybridized carbons (Fsp3) is 0.212. The molecule has 4 aromatic rings. The van der Waals surface area contributed by atoms with Crippen LogP contribution in [-0.4, -0.2) is 37.9 Å². The number of hydrogen-bond acceptors (Lipinski definition) is 8. The van der Waals surface area contributed by atoms with Gasteiger partial charge in [0.15, 0.2) is 0 Å². The number of hydrogen-bond donors (Lipinski definition) is 2. The minimum atomic E-state index is -4.53. The molecule has 234 valence electrons. The van der Waals surface area contributed by atoms with Crippen LogP contribution in [-0.2, 0) is 37.5 Å². The van der Waals surface area contributed by atoms with E-state index in [4.69, 9.17) is 9.47 Å². The Hall–Kier alpha value is -4.91. The fourth-order valence-corrected chi connectivity index (χ4v) is 5.63. The van der Waals surface area contributed by atoms with E-state index in [9.17, 15) is 28.1 Å². The van der Waals surface area contributed by atoms with Crippen molar-refractivity contribution in [1.82, 2.24) is 4.72 Å². The van der Waals surface area contributed by atoms with E-state index in [0.29, 0.717) is 6.61 Å². The van der Waals surface area contributed by atoms with Crippen LogP contribution in [0.2, 0.25) is 0 Å². The van der Waals surface area contributed by atoms with Gasteiger partial charge in [0.25, 0.3) is 27.5 Å². The molecule has 2 N–H and O–H groups in total. The van der Waals surface area contributed by atoms with Gasteiger partial charge in [-0.3, -0.25) is 19.7 Å². The number of amides is 2. The number of ether oxygens (including phenoxy) is 2. The number of non-ortho nitro benzene ring substituents is 1. The Bertz CT molecular complexity index is 1750. The van der Waals surface area contributed by atoms with Crippen LogP contribution in [0.1, 0.15) is 35.3 Å². The number of benzene rings is 4. The summed E-state index contributed by atoms with van der Waals surface area (Å²) in [6, 6.07) is 29.1. The zero-order valence-corrected chi connectivity index (χ0v) is 25.5. The first-order valence-corrected chi connectivity index (χ1v) is 15.4. The van der Waals surface area contributed by atoms with Gasteiger partial charge in [0, 0.05) is 23.1 Å². The third kappa shape index (κ3) is 9.05. The number of nitro groups is 1. The molecule has 11 nitrogen and oxygen atoms in total. The standard InChI is InChI=1S/C33H33N3O8S/c1-33(2,23-43-21-24-12-5-3-6-13-24)30(44-22-25-14-7-4-8-15-25)32(38)34-28-18-9-10-19-29(28)45(41,42)35-31(37)26-16-11-17-27(20-26)36(39)40/h3-20,30H,21-23H2,1-2H3,(H,34,38)(H,35,37). The Balaban J connectivity index is 1.54. The predicted molar refractivity (Wildman–Crippen MR) is 168 cm³/mol. The van der Waals surface area contributed by atoms with Gasteiger partial charge in [0.05, 0.1) is 30.4 Å². The van der Waals surface area contributed by atoms with Gasteiger partial charge >= 0.3 is 0 Å². The highest BCUT2D eigenvalue weighted by Gasteiger charge is 2.37. The molecular weight excluding hydrogens is 598 g/mol. The number of anilines is 1. The monoisotopic (exact) mass is 631 g/mol. The van der Waals surface area contributed by atoms with E-state index in [2.05, 4.69) is 5.32 Å². The molecule has 0 aliphatic carbocycles. The molecule has 45 heavy (non-hydrogen) atoms. The average molecular weight is 632 g/mol.